The van der Waals surface area contributed by atoms with Crippen molar-refractivity contribution >= 4 is 18.3 Å². The van der Waals surface area contributed by atoms with Crippen LogP contribution in [0.25, 0.3) is 0 Å². The van der Waals surface area contributed by atoms with Crippen LogP contribution in [0.3, 0.4) is 0 Å². The Morgan fingerprint density at radius 1 is 1.35 bits per heavy atom. The number of hydrogen-bond acceptors (Lipinski definition) is 3. The van der Waals surface area contributed by atoms with E-state index in [1.807, 2.05) is 23.1 Å². The molecule has 2 aliphatic rings. The van der Waals surface area contributed by atoms with Gasteiger partial charge in [0.25, 0.3) is 0 Å². The molecular formula is C18H27ClN2O2. The molecule has 2 heterocycles. The lowest BCUT2D eigenvalue weighted by Crippen LogP contribution is -2.56. The molecule has 2 fully saturated rings. The number of amides is 1. The van der Waals surface area contributed by atoms with Crippen molar-refractivity contribution < 1.29 is 9.53 Å². The number of carbonyl (C=O) groups excluding carboxylic acids is 1. The summed E-state index contributed by atoms with van der Waals surface area (Å²) in [4.78, 5) is 14.8. The Hall–Kier alpha value is -1.10. The molecule has 0 aromatic heterocycles. The summed E-state index contributed by atoms with van der Waals surface area (Å²) in [6, 6.07) is 10.5. The molecule has 1 aromatic carbocycles. The van der Waals surface area contributed by atoms with Gasteiger partial charge in [-0.15, -0.1) is 12.4 Å². The lowest BCUT2D eigenvalue weighted by atomic mass is 9.97. The van der Waals surface area contributed by atoms with Crippen LogP contribution < -0.4 is 5.32 Å². The van der Waals surface area contributed by atoms with E-state index in [4.69, 9.17) is 4.74 Å². The smallest absolute Gasteiger partial charge is 0.224 e. The number of benzene rings is 1. The first kappa shape index (κ1) is 18.2. The predicted molar refractivity (Wildman–Crippen MR) is 93.8 cm³/mol. The second kappa shape index (κ2) is 7.65. The van der Waals surface area contributed by atoms with Crippen molar-refractivity contribution in [3.05, 3.63) is 35.9 Å². The van der Waals surface area contributed by atoms with E-state index in [0.29, 0.717) is 25.6 Å². The second-order valence-corrected chi connectivity index (χ2v) is 7.02. The monoisotopic (exact) mass is 338 g/mol. The molecule has 0 radical (unpaired) electrons. The van der Waals surface area contributed by atoms with Gasteiger partial charge in [0.05, 0.1) is 18.7 Å². The van der Waals surface area contributed by atoms with Crippen LogP contribution in [0.1, 0.15) is 44.8 Å². The highest BCUT2D eigenvalue weighted by Gasteiger charge is 2.39. The normalized spacial score (nSPS) is 26.6. The fraction of sp³-hybridized carbons (Fsp3) is 0.611. The number of halogens is 1. The average Bonchev–Trinajstić information content (AvgIpc) is 3.00. The number of hydrogen-bond donors (Lipinski definition) is 1. The molecular weight excluding hydrogens is 312 g/mol. The third kappa shape index (κ3) is 4.25. The van der Waals surface area contributed by atoms with Crippen molar-refractivity contribution in [2.45, 2.75) is 50.8 Å². The van der Waals surface area contributed by atoms with E-state index < -0.39 is 0 Å². The minimum absolute atomic E-state index is 0. The highest BCUT2D eigenvalue weighted by atomic mass is 35.5. The maximum Gasteiger partial charge on any atom is 0.224 e. The summed E-state index contributed by atoms with van der Waals surface area (Å²) < 4.78 is 6.02. The van der Waals surface area contributed by atoms with Gasteiger partial charge in [0.2, 0.25) is 5.91 Å². The quantitative estimate of drug-likeness (QED) is 0.921. The Morgan fingerprint density at radius 2 is 2.09 bits per heavy atom. The molecule has 0 spiro atoms. The zero-order valence-corrected chi connectivity index (χ0v) is 14.8. The summed E-state index contributed by atoms with van der Waals surface area (Å²) in [6.07, 6.45) is 2.87. The average molecular weight is 339 g/mol. The van der Waals surface area contributed by atoms with Gasteiger partial charge in [-0.1, -0.05) is 30.3 Å². The number of carbonyl (C=O) groups is 1. The van der Waals surface area contributed by atoms with E-state index in [-0.39, 0.29) is 30.0 Å². The summed E-state index contributed by atoms with van der Waals surface area (Å²) in [5.74, 6) is 0.244. The molecule has 2 unspecified atom stereocenters. The Balaban J connectivity index is 0.00000192. The summed E-state index contributed by atoms with van der Waals surface area (Å²) in [5.41, 5.74) is 0.913. The van der Waals surface area contributed by atoms with Gasteiger partial charge in [0, 0.05) is 12.5 Å². The Bertz CT molecular complexity index is 515. The molecule has 2 saturated heterocycles. The van der Waals surface area contributed by atoms with Crippen molar-refractivity contribution in [3.8, 4) is 0 Å². The van der Waals surface area contributed by atoms with E-state index in [0.717, 1.165) is 18.5 Å². The summed E-state index contributed by atoms with van der Waals surface area (Å²) in [7, 11) is 0. The van der Waals surface area contributed by atoms with Gasteiger partial charge < -0.3 is 15.0 Å². The predicted octanol–water partition coefficient (Wildman–Crippen LogP) is 2.93. The maximum absolute atomic E-state index is 12.8. The van der Waals surface area contributed by atoms with Crippen LogP contribution in [0.4, 0.5) is 0 Å². The topological polar surface area (TPSA) is 41.6 Å². The summed E-state index contributed by atoms with van der Waals surface area (Å²) >= 11 is 0. The Labute approximate surface area is 145 Å². The molecule has 1 amide bonds. The number of ether oxygens (including phenoxy) is 1. The summed E-state index contributed by atoms with van der Waals surface area (Å²) in [5, 5.41) is 3.42. The minimum Gasteiger partial charge on any atom is -0.369 e. The van der Waals surface area contributed by atoms with Crippen LogP contribution in [0, 0.1) is 0 Å². The first-order valence-corrected chi connectivity index (χ1v) is 8.27. The number of morpholine rings is 1. The van der Waals surface area contributed by atoms with E-state index >= 15 is 0 Å². The molecule has 0 bridgehead atoms. The first-order chi connectivity index (χ1) is 10.6. The molecule has 3 rings (SSSR count). The third-order valence-electron chi connectivity index (χ3n) is 4.77. The Morgan fingerprint density at radius 3 is 2.74 bits per heavy atom. The Kier molecular flexibility index (Phi) is 6.06. The number of nitrogens with zero attached hydrogens (tertiary/aromatic N) is 1. The molecule has 2 aliphatic heterocycles. The van der Waals surface area contributed by atoms with Crippen LogP contribution in [0.15, 0.2) is 30.3 Å². The van der Waals surface area contributed by atoms with Gasteiger partial charge in [-0.3, -0.25) is 4.79 Å². The molecule has 1 aromatic rings. The molecule has 23 heavy (non-hydrogen) atoms. The van der Waals surface area contributed by atoms with E-state index in [1.54, 1.807) is 0 Å². The van der Waals surface area contributed by atoms with Gasteiger partial charge in [0.1, 0.15) is 6.10 Å². The largest absolute Gasteiger partial charge is 0.369 e. The number of rotatable bonds is 3. The molecule has 0 saturated carbocycles. The SMILES string of the molecule is CC1(C)COC(c2ccccc2)CN1C(=O)CC1CCCN1.Cl. The van der Waals surface area contributed by atoms with Crippen molar-refractivity contribution in [2.75, 3.05) is 19.7 Å². The van der Waals surface area contributed by atoms with Crippen LogP contribution in [-0.4, -0.2) is 42.1 Å². The fourth-order valence-corrected chi connectivity index (χ4v) is 3.41. The maximum atomic E-state index is 12.8. The lowest BCUT2D eigenvalue weighted by molar-refractivity contribution is -0.155. The van der Waals surface area contributed by atoms with Gasteiger partial charge >= 0.3 is 0 Å². The molecule has 1 N–H and O–H groups in total. The van der Waals surface area contributed by atoms with Crippen LogP contribution in [0.2, 0.25) is 0 Å². The minimum atomic E-state index is -0.235. The third-order valence-corrected chi connectivity index (χ3v) is 4.77. The van der Waals surface area contributed by atoms with Crippen molar-refractivity contribution in [1.29, 1.82) is 0 Å². The van der Waals surface area contributed by atoms with Crippen LogP contribution in [-0.2, 0) is 9.53 Å². The molecule has 2 atom stereocenters. The van der Waals surface area contributed by atoms with Crippen molar-refractivity contribution in [2.24, 2.45) is 0 Å². The van der Waals surface area contributed by atoms with Crippen molar-refractivity contribution in [3.63, 3.8) is 0 Å². The molecule has 128 valence electrons. The van der Waals surface area contributed by atoms with E-state index in [9.17, 15) is 4.79 Å². The highest BCUT2D eigenvalue weighted by molar-refractivity contribution is 5.85. The van der Waals surface area contributed by atoms with Gasteiger partial charge in [0.15, 0.2) is 0 Å². The van der Waals surface area contributed by atoms with Crippen LogP contribution >= 0.6 is 12.4 Å². The molecule has 0 aliphatic carbocycles. The highest BCUT2D eigenvalue weighted by Crippen LogP contribution is 2.31. The van der Waals surface area contributed by atoms with Gasteiger partial charge in [-0.2, -0.15) is 0 Å². The first-order valence-electron chi connectivity index (χ1n) is 8.27. The fourth-order valence-electron chi connectivity index (χ4n) is 3.41. The van der Waals surface area contributed by atoms with E-state index in [2.05, 4.69) is 31.3 Å². The number of nitrogens with one attached hydrogen (secondary N) is 1. The molecule has 4 nitrogen and oxygen atoms in total. The van der Waals surface area contributed by atoms with Crippen molar-refractivity contribution in [1.82, 2.24) is 10.2 Å². The second-order valence-electron chi connectivity index (χ2n) is 7.02. The zero-order valence-electron chi connectivity index (χ0n) is 14.0. The van der Waals surface area contributed by atoms with Crippen LogP contribution in [0.5, 0.6) is 0 Å². The lowest BCUT2D eigenvalue weighted by Gasteiger charge is -2.45. The standard InChI is InChI=1S/C18H26N2O2.ClH/c1-18(2)13-22-16(14-7-4-3-5-8-14)12-20(18)17(21)11-15-9-6-10-19-15;/h3-5,7-8,15-16,19H,6,9-13H2,1-2H3;1H. The summed E-state index contributed by atoms with van der Waals surface area (Å²) in [6.45, 7) is 6.44. The molecule has 5 heteroatoms. The zero-order chi connectivity index (χ0) is 15.6. The van der Waals surface area contributed by atoms with Gasteiger partial charge in [-0.05, 0) is 38.8 Å². The van der Waals surface area contributed by atoms with E-state index in [1.165, 1.54) is 6.42 Å². The van der Waals surface area contributed by atoms with Gasteiger partial charge in [-0.25, -0.2) is 0 Å².